The molecule has 0 radical (unpaired) electrons. The summed E-state index contributed by atoms with van der Waals surface area (Å²) in [5.41, 5.74) is 7.26. The zero-order valence-corrected chi connectivity index (χ0v) is 12.8. The summed E-state index contributed by atoms with van der Waals surface area (Å²) >= 11 is 0. The number of phenolic OH excluding ortho intramolecular Hbond substituents is 1. The lowest BCUT2D eigenvalue weighted by Gasteiger charge is -2.38. The van der Waals surface area contributed by atoms with E-state index in [1.165, 1.54) is 24.8 Å². The van der Waals surface area contributed by atoms with Crippen LogP contribution in [0.5, 0.6) is 5.75 Å². The molecule has 3 nitrogen and oxygen atoms in total. The van der Waals surface area contributed by atoms with E-state index in [0.29, 0.717) is 23.8 Å². The molecule has 0 aromatic heterocycles. The quantitative estimate of drug-likeness (QED) is 0.838. The molecule has 0 spiro atoms. The van der Waals surface area contributed by atoms with Gasteiger partial charge in [-0.3, -0.25) is 4.90 Å². The summed E-state index contributed by atoms with van der Waals surface area (Å²) in [6, 6.07) is 8.74. The van der Waals surface area contributed by atoms with E-state index in [9.17, 15) is 5.11 Å². The lowest BCUT2D eigenvalue weighted by atomic mass is 9.96. The van der Waals surface area contributed by atoms with Gasteiger partial charge >= 0.3 is 0 Å². The van der Waals surface area contributed by atoms with Crippen LogP contribution in [-0.4, -0.2) is 29.1 Å². The van der Waals surface area contributed by atoms with E-state index >= 15 is 0 Å². The predicted octanol–water partition coefficient (Wildman–Crippen LogP) is 3.29. The van der Waals surface area contributed by atoms with Gasteiger partial charge in [0.1, 0.15) is 5.75 Å². The first-order chi connectivity index (χ1) is 9.71. The van der Waals surface area contributed by atoms with E-state index in [1.54, 1.807) is 12.1 Å². The molecule has 3 N–H and O–H groups in total. The van der Waals surface area contributed by atoms with Gasteiger partial charge < -0.3 is 10.8 Å². The lowest BCUT2D eigenvalue weighted by Crippen LogP contribution is -2.42. The molecule has 3 atom stereocenters. The van der Waals surface area contributed by atoms with Crippen LogP contribution >= 0.6 is 0 Å². The molecule has 0 heterocycles. The molecule has 1 saturated carbocycles. The van der Waals surface area contributed by atoms with Gasteiger partial charge in [0.15, 0.2) is 0 Å². The fourth-order valence-electron chi connectivity index (χ4n) is 3.77. The normalized spacial score (nSPS) is 24.2. The molecule has 1 aliphatic rings. The predicted molar refractivity (Wildman–Crippen MR) is 83.7 cm³/mol. The number of hydrogen-bond acceptors (Lipinski definition) is 3. The molecule has 3 heteroatoms. The van der Waals surface area contributed by atoms with Gasteiger partial charge in [-0.05, 0) is 56.0 Å². The highest BCUT2D eigenvalue weighted by molar-refractivity contribution is 5.28. The number of phenols is 1. The molecule has 0 saturated heterocycles. The Morgan fingerprint density at radius 3 is 2.50 bits per heavy atom. The number of nitrogens with two attached hydrogens (primary N) is 1. The van der Waals surface area contributed by atoms with E-state index in [0.717, 1.165) is 19.5 Å². The Hall–Kier alpha value is -1.06. The van der Waals surface area contributed by atoms with E-state index < -0.39 is 0 Å². The summed E-state index contributed by atoms with van der Waals surface area (Å²) in [5, 5.41) is 9.47. The minimum absolute atomic E-state index is 0.340. The second-order valence-electron chi connectivity index (χ2n) is 5.84. The SMILES string of the molecule is CCC(c1ccc(O)cc1)N(CC)C1CCCC1CN. The molecular formula is C17H28N2O. The van der Waals surface area contributed by atoms with E-state index in [2.05, 4.69) is 30.9 Å². The zero-order valence-electron chi connectivity index (χ0n) is 12.8. The Bertz CT molecular complexity index is 404. The highest BCUT2D eigenvalue weighted by atomic mass is 16.3. The second kappa shape index (κ2) is 7.09. The zero-order chi connectivity index (χ0) is 14.5. The van der Waals surface area contributed by atoms with Crippen molar-refractivity contribution in [3.63, 3.8) is 0 Å². The van der Waals surface area contributed by atoms with Crippen LogP contribution in [0.1, 0.15) is 51.1 Å². The van der Waals surface area contributed by atoms with Gasteiger partial charge in [-0.25, -0.2) is 0 Å². The van der Waals surface area contributed by atoms with Gasteiger partial charge in [0.2, 0.25) is 0 Å². The van der Waals surface area contributed by atoms with E-state index in [1.807, 2.05) is 0 Å². The maximum Gasteiger partial charge on any atom is 0.115 e. The first kappa shape index (κ1) is 15.3. The second-order valence-corrected chi connectivity index (χ2v) is 5.84. The van der Waals surface area contributed by atoms with Crippen LogP contribution in [0.2, 0.25) is 0 Å². The van der Waals surface area contributed by atoms with Crippen molar-refractivity contribution in [3.05, 3.63) is 29.8 Å². The van der Waals surface area contributed by atoms with Crippen molar-refractivity contribution in [3.8, 4) is 5.75 Å². The number of hydrogen-bond donors (Lipinski definition) is 2. The number of benzene rings is 1. The molecular weight excluding hydrogens is 248 g/mol. The van der Waals surface area contributed by atoms with Crippen molar-refractivity contribution in [1.82, 2.24) is 4.90 Å². The third-order valence-electron chi connectivity index (χ3n) is 4.78. The lowest BCUT2D eigenvalue weighted by molar-refractivity contribution is 0.111. The number of aromatic hydroxyl groups is 1. The molecule has 0 aliphatic heterocycles. The van der Waals surface area contributed by atoms with Crippen molar-refractivity contribution in [2.75, 3.05) is 13.1 Å². The maximum absolute atomic E-state index is 9.47. The Morgan fingerprint density at radius 1 is 1.25 bits per heavy atom. The molecule has 20 heavy (non-hydrogen) atoms. The highest BCUT2D eigenvalue weighted by Crippen LogP contribution is 2.36. The maximum atomic E-state index is 9.47. The van der Waals surface area contributed by atoms with Gasteiger partial charge in [-0.1, -0.05) is 32.4 Å². The van der Waals surface area contributed by atoms with Crippen molar-refractivity contribution >= 4 is 0 Å². The van der Waals surface area contributed by atoms with Crippen LogP contribution in [-0.2, 0) is 0 Å². The molecule has 0 bridgehead atoms. The first-order valence-electron chi connectivity index (χ1n) is 7.96. The monoisotopic (exact) mass is 276 g/mol. The highest BCUT2D eigenvalue weighted by Gasteiger charge is 2.33. The molecule has 1 aliphatic carbocycles. The summed E-state index contributed by atoms with van der Waals surface area (Å²) in [6.45, 7) is 6.34. The largest absolute Gasteiger partial charge is 0.508 e. The van der Waals surface area contributed by atoms with Crippen LogP contribution in [0.15, 0.2) is 24.3 Å². The van der Waals surface area contributed by atoms with Crippen LogP contribution in [0.3, 0.4) is 0 Å². The average Bonchev–Trinajstić information content (AvgIpc) is 2.94. The van der Waals surface area contributed by atoms with Gasteiger partial charge in [-0.2, -0.15) is 0 Å². The standard InChI is InChI=1S/C17H28N2O/c1-3-16(13-8-10-15(20)11-9-13)19(4-2)17-7-5-6-14(17)12-18/h8-11,14,16-17,20H,3-7,12,18H2,1-2H3. The number of rotatable bonds is 6. The summed E-state index contributed by atoms with van der Waals surface area (Å²) in [7, 11) is 0. The Labute approximate surface area is 122 Å². The average molecular weight is 276 g/mol. The molecule has 3 unspecified atom stereocenters. The minimum atomic E-state index is 0.340. The summed E-state index contributed by atoms with van der Waals surface area (Å²) in [4.78, 5) is 2.62. The summed E-state index contributed by atoms with van der Waals surface area (Å²) < 4.78 is 0. The molecule has 1 aromatic carbocycles. The Morgan fingerprint density at radius 2 is 1.95 bits per heavy atom. The topological polar surface area (TPSA) is 49.5 Å². The van der Waals surface area contributed by atoms with Crippen molar-refractivity contribution in [1.29, 1.82) is 0 Å². The smallest absolute Gasteiger partial charge is 0.115 e. The molecule has 1 aromatic rings. The fraction of sp³-hybridized carbons (Fsp3) is 0.647. The van der Waals surface area contributed by atoms with Gasteiger partial charge in [0.25, 0.3) is 0 Å². The third kappa shape index (κ3) is 3.15. The van der Waals surface area contributed by atoms with Gasteiger partial charge in [0, 0.05) is 12.1 Å². The first-order valence-corrected chi connectivity index (χ1v) is 7.96. The molecule has 2 rings (SSSR count). The van der Waals surface area contributed by atoms with Crippen molar-refractivity contribution in [2.24, 2.45) is 11.7 Å². The molecule has 112 valence electrons. The van der Waals surface area contributed by atoms with E-state index in [4.69, 9.17) is 5.73 Å². The van der Waals surface area contributed by atoms with Crippen LogP contribution < -0.4 is 5.73 Å². The van der Waals surface area contributed by atoms with Crippen LogP contribution in [0, 0.1) is 5.92 Å². The van der Waals surface area contributed by atoms with Crippen molar-refractivity contribution < 1.29 is 5.11 Å². The number of nitrogens with zero attached hydrogens (tertiary/aromatic N) is 1. The van der Waals surface area contributed by atoms with Crippen LogP contribution in [0.4, 0.5) is 0 Å². The fourth-order valence-corrected chi connectivity index (χ4v) is 3.77. The third-order valence-corrected chi connectivity index (χ3v) is 4.78. The van der Waals surface area contributed by atoms with Gasteiger partial charge in [-0.15, -0.1) is 0 Å². The molecule has 1 fully saturated rings. The van der Waals surface area contributed by atoms with Crippen LogP contribution in [0.25, 0.3) is 0 Å². The van der Waals surface area contributed by atoms with Gasteiger partial charge in [0.05, 0.1) is 0 Å². The Balaban J connectivity index is 2.20. The summed E-state index contributed by atoms with van der Waals surface area (Å²) in [5.74, 6) is 0.980. The van der Waals surface area contributed by atoms with E-state index in [-0.39, 0.29) is 0 Å². The minimum Gasteiger partial charge on any atom is -0.508 e. The Kier molecular flexibility index (Phi) is 5.44. The van der Waals surface area contributed by atoms with Crippen molar-refractivity contribution in [2.45, 2.75) is 51.6 Å². The summed E-state index contributed by atoms with van der Waals surface area (Å²) in [6.07, 6.45) is 4.93. The molecule has 0 amide bonds.